The summed E-state index contributed by atoms with van der Waals surface area (Å²) in [4.78, 5) is 19.2. The Morgan fingerprint density at radius 3 is 2.60 bits per heavy atom. The molecule has 3 aromatic rings. The molecule has 4 rings (SSSR count). The third kappa shape index (κ3) is 4.31. The Hall–Kier alpha value is -2.93. The lowest BCUT2D eigenvalue weighted by molar-refractivity contribution is -0.129. The summed E-state index contributed by atoms with van der Waals surface area (Å²) in [5.74, 6) is -0.216. The van der Waals surface area contributed by atoms with Gasteiger partial charge in [0.25, 0.3) is 0 Å². The quantitative estimate of drug-likeness (QED) is 0.627. The molecule has 0 N–H and O–H groups in total. The minimum absolute atomic E-state index is 0.107. The second-order valence-corrected chi connectivity index (χ2v) is 9.56. The van der Waals surface area contributed by atoms with Gasteiger partial charge in [-0.15, -0.1) is 0 Å². The van der Waals surface area contributed by atoms with Gasteiger partial charge in [-0.05, 0) is 48.6 Å². The maximum atomic E-state index is 12.8. The lowest BCUT2D eigenvalue weighted by atomic mass is 9.93. The van der Waals surface area contributed by atoms with E-state index in [9.17, 15) is 13.2 Å². The zero-order valence-electron chi connectivity index (χ0n) is 16.8. The van der Waals surface area contributed by atoms with Crippen LogP contribution in [0.3, 0.4) is 0 Å². The van der Waals surface area contributed by atoms with Crippen LogP contribution in [0, 0.1) is 0 Å². The second-order valence-electron chi connectivity index (χ2n) is 7.57. The maximum Gasteiger partial charge on any atom is 0.238 e. The number of ether oxygens (including phenoxy) is 1. The first-order chi connectivity index (χ1) is 14.5. The fraction of sp³-hybridized carbons (Fsp3) is 0.304. The number of hydrogen-bond donors (Lipinski definition) is 0. The highest BCUT2D eigenvalue weighted by molar-refractivity contribution is 7.92. The molecule has 156 valence electrons. The van der Waals surface area contributed by atoms with Crippen LogP contribution in [-0.2, 0) is 14.6 Å². The van der Waals surface area contributed by atoms with E-state index < -0.39 is 15.6 Å². The Bertz CT molecular complexity index is 1160. The van der Waals surface area contributed by atoms with E-state index in [1.165, 1.54) is 19.2 Å². The smallest absolute Gasteiger partial charge is 0.238 e. The Labute approximate surface area is 176 Å². The Morgan fingerprint density at radius 2 is 1.87 bits per heavy atom. The van der Waals surface area contributed by atoms with Crippen LogP contribution in [0.5, 0.6) is 5.75 Å². The monoisotopic (exact) mass is 424 g/mol. The van der Waals surface area contributed by atoms with Gasteiger partial charge in [0.2, 0.25) is 5.91 Å². The molecule has 0 unspecified atom stereocenters. The van der Waals surface area contributed by atoms with Gasteiger partial charge < -0.3 is 9.64 Å². The van der Waals surface area contributed by atoms with Crippen molar-refractivity contribution < 1.29 is 17.9 Å². The predicted molar refractivity (Wildman–Crippen MR) is 115 cm³/mol. The molecule has 1 atom stereocenters. The van der Waals surface area contributed by atoms with Crippen molar-refractivity contribution in [3.05, 3.63) is 66.5 Å². The van der Waals surface area contributed by atoms with Crippen molar-refractivity contribution >= 4 is 26.5 Å². The first-order valence-corrected chi connectivity index (χ1v) is 11.6. The molecule has 0 saturated carbocycles. The van der Waals surface area contributed by atoms with E-state index in [1.54, 1.807) is 17.0 Å². The number of aromatic nitrogens is 1. The van der Waals surface area contributed by atoms with Crippen molar-refractivity contribution in [3.63, 3.8) is 0 Å². The Kier molecular flexibility index (Phi) is 5.72. The van der Waals surface area contributed by atoms with Gasteiger partial charge in [-0.3, -0.25) is 9.78 Å². The van der Waals surface area contributed by atoms with Gasteiger partial charge in [0.05, 0.1) is 12.0 Å². The third-order valence-electron chi connectivity index (χ3n) is 5.58. The molecule has 1 amide bonds. The minimum Gasteiger partial charge on any atom is -0.497 e. The molecule has 30 heavy (non-hydrogen) atoms. The standard InChI is InChI=1S/C23H24N2O4S/c1-29-20-8-10-21(11-9-20)30(27,28)16-23(26)25-12-4-7-19(15-25)22-13-17-5-2-3-6-18(17)14-24-22/h2-3,5-6,8-11,13-14,19H,4,7,12,15-16H2,1H3/t19-/m1/s1. The van der Waals surface area contributed by atoms with Crippen molar-refractivity contribution in [2.75, 3.05) is 26.0 Å². The number of hydrogen-bond acceptors (Lipinski definition) is 5. The predicted octanol–water partition coefficient (Wildman–Crippen LogP) is 3.42. The molecular weight excluding hydrogens is 400 g/mol. The zero-order valence-corrected chi connectivity index (χ0v) is 17.6. The first-order valence-electron chi connectivity index (χ1n) is 9.95. The van der Waals surface area contributed by atoms with Crippen LogP contribution in [-0.4, -0.2) is 50.2 Å². The van der Waals surface area contributed by atoms with Crippen LogP contribution in [0.1, 0.15) is 24.5 Å². The highest BCUT2D eigenvalue weighted by atomic mass is 32.2. The Balaban J connectivity index is 1.47. The topological polar surface area (TPSA) is 76.6 Å². The molecule has 1 fully saturated rings. The summed E-state index contributed by atoms with van der Waals surface area (Å²) in [6, 6.07) is 16.2. The van der Waals surface area contributed by atoms with E-state index in [-0.39, 0.29) is 16.7 Å². The molecule has 2 heterocycles. The number of carbonyl (C=O) groups excluding carboxylic acids is 1. The van der Waals surface area contributed by atoms with Gasteiger partial charge >= 0.3 is 0 Å². The van der Waals surface area contributed by atoms with E-state index >= 15 is 0 Å². The number of nitrogens with zero attached hydrogens (tertiary/aromatic N) is 2. The van der Waals surface area contributed by atoms with Crippen molar-refractivity contribution in [2.45, 2.75) is 23.7 Å². The SMILES string of the molecule is COc1ccc(S(=O)(=O)CC(=O)N2CCC[C@@H](c3cc4ccccc4cn3)C2)cc1. The number of amides is 1. The molecule has 1 saturated heterocycles. The van der Waals surface area contributed by atoms with Crippen LogP contribution in [0.4, 0.5) is 0 Å². The number of benzene rings is 2. The minimum atomic E-state index is -3.71. The molecule has 0 bridgehead atoms. The van der Waals surface area contributed by atoms with E-state index in [4.69, 9.17) is 4.74 Å². The van der Waals surface area contributed by atoms with E-state index in [0.29, 0.717) is 18.8 Å². The molecule has 1 aliphatic rings. The number of sulfone groups is 1. The molecule has 0 spiro atoms. The van der Waals surface area contributed by atoms with Crippen LogP contribution >= 0.6 is 0 Å². The summed E-state index contributed by atoms with van der Waals surface area (Å²) in [6.07, 6.45) is 3.62. The molecule has 2 aromatic carbocycles. The van der Waals surface area contributed by atoms with Crippen molar-refractivity contribution in [2.24, 2.45) is 0 Å². The molecule has 1 aliphatic heterocycles. The fourth-order valence-electron chi connectivity index (χ4n) is 3.89. The van der Waals surface area contributed by atoms with Crippen LogP contribution in [0.15, 0.2) is 65.7 Å². The van der Waals surface area contributed by atoms with E-state index in [0.717, 1.165) is 29.3 Å². The van der Waals surface area contributed by atoms with Crippen LogP contribution < -0.4 is 4.74 Å². The number of piperidine rings is 1. The highest BCUT2D eigenvalue weighted by Crippen LogP contribution is 2.28. The summed E-state index contributed by atoms with van der Waals surface area (Å²) < 4.78 is 30.4. The van der Waals surface area contributed by atoms with E-state index in [2.05, 4.69) is 11.1 Å². The van der Waals surface area contributed by atoms with Crippen LogP contribution in [0.25, 0.3) is 10.8 Å². The van der Waals surface area contributed by atoms with E-state index in [1.807, 2.05) is 30.5 Å². The normalized spacial score (nSPS) is 17.1. The van der Waals surface area contributed by atoms with Gasteiger partial charge in [-0.25, -0.2) is 8.42 Å². The van der Waals surface area contributed by atoms with Crippen LogP contribution in [0.2, 0.25) is 0 Å². The van der Waals surface area contributed by atoms with Gasteiger partial charge in [0, 0.05) is 36.3 Å². The summed E-state index contributed by atoms with van der Waals surface area (Å²) in [5, 5.41) is 2.20. The molecule has 6 nitrogen and oxygen atoms in total. The number of pyridine rings is 1. The van der Waals surface area contributed by atoms with Gasteiger partial charge in [0.15, 0.2) is 9.84 Å². The average molecular weight is 425 g/mol. The van der Waals surface area contributed by atoms with Crippen molar-refractivity contribution in [3.8, 4) is 5.75 Å². The number of methoxy groups -OCH3 is 1. The fourth-order valence-corrected chi connectivity index (χ4v) is 5.11. The third-order valence-corrected chi connectivity index (χ3v) is 7.19. The molecule has 0 radical (unpaired) electrons. The molecule has 7 heteroatoms. The maximum absolute atomic E-state index is 12.8. The number of rotatable bonds is 5. The van der Waals surface area contributed by atoms with Crippen molar-refractivity contribution in [1.82, 2.24) is 9.88 Å². The van der Waals surface area contributed by atoms with Gasteiger partial charge in [-0.1, -0.05) is 24.3 Å². The number of likely N-dealkylation sites (tertiary alicyclic amines) is 1. The zero-order chi connectivity index (χ0) is 21.1. The number of fused-ring (bicyclic) bond motifs is 1. The van der Waals surface area contributed by atoms with Gasteiger partial charge in [-0.2, -0.15) is 0 Å². The summed E-state index contributed by atoms with van der Waals surface area (Å²) in [6.45, 7) is 1.06. The Morgan fingerprint density at radius 1 is 1.13 bits per heavy atom. The van der Waals surface area contributed by atoms with Crippen molar-refractivity contribution in [1.29, 1.82) is 0 Å². The summed E-state index contributed by atoms with van der Waals surface area (Å²) in [5.41, 5.74) is 0.948. The first kappa shape index (κ1) is 20.3. The lowest BCUT2D eigenvalue weighted by Crippen LogP contribution is -2.42. The largest absolute Gasteiger partial charge is 0.497 e. The molecule has 1 aromatic heterocycles. The average Bonchev–Trinajstić information content (AvgIpc) is 2.78. The molecular formula is C23H24N2O4S. The lowest BCUT2D eigenvalue weighted by Gasteiger charge is -2.32. The van der Waals surface area contributed by atoms with Gasteiger partial charge in [0.1, 0.15) is 11.5 Å². The second kappa shape index (κ2) is 8.44. The highest BCUT2D eigenvalue weighted by Gasteiger charge is 2.29. The summed E-state index contributed by atoms with van der Waals surface area (Å²) in [7, 11) is -2.19. The summed E-state index contributed by atoms with van der Waals surface area (Å²) >= 11 is 0. The number of carbonyl (C=O) groups is 1. The molecule has 0 aliphatic carbocycles.